The highest BCUT2D eigenvalue weighted by Gasteiger charge is 2.25. The van der Waals surface area contributed by atoms with E-state index in [0.29, 0.717) is 11.4 Å². The molecule has 1 heterocycles. The van der Waals surface area contributed by atoms with Crippen LogP contribution in [0.2, 0.25) is 0 Å². The minimum Gasteiger partial charge on any atom is -0.471 e. The predicted molar refractivity (Wildman–Crippen MR) is 54.0 cm³/mol. The molecule has 0 spiro atoms. The van der Waals surface area contributed by atoms with Crippen molar-refractivity contribution in [3.8, 4) is 11.8 Å². The molecule has 2 atom stereocenters. The summed E-state index contributed by atoms with van der Waals surface area (Å²) in [6.07, 6.45) is -0.439. The van der Waals surface area contributed by atoms with Gasteiger partial charge in [-0.1, -0.05) is 0 Å². The fourth-order valence-corrected chi connectivity index (χ4v) is 1.46. The molecule has 1 aromatic rings. The van der Waals surface area contributed by atoms with Gasteiger partial charge in [0.1, 0.15) is 11.8 Å². The average Bonchev–Trinajstić information content (AvgIpc) is 2.16. The molecule has 2 rings (SSSR count). The molecule has 4 nitrogen and oxygen atoms in total. The number of nitrogens with two attached hydrogens (primary N) is 1. The van der Waals surface area contributed by atoms with Gasteiger partial charge in [0.05, 0.1) is 11.7 Å². The van der Waals surface area contributed by atoms with Crippen molar-refractivity contribution in [2.75, 3.05) is 11.1 Å². The summed E-state index contributed by atoms with van der Waals surface area (Å²) in [5, 5.41) is 12.0. The third-order valence-electron chi connectivity index (χ3n) is 2.22. The first-order chi connectivity index (χ1) is 6.70. The standard InChI is InChI=1S/C10H11N3O/c1-6-10(5-11)14-9-3-2-7(12)4-8(9)13-6/h2-4,6,10,13H,12H2,1H3. The molecular formula is C10H11N3O. The molecule has 1 aliphatic rings. The van der Waals surface area contributed by atoms with E-state index >= 15 is 0 Å². The molecule has 1 aromatic carbocycles. The quantitative estimate of drug-likeness (QED) is 0.604. The molecule has 72 valence electrons. The van der Waals surface area contributed by atoms with E-state index in [9.17, 15) is 0 Å². The number of nitrogens with zero attached hydrogens (tertiary/aromatic N) is 1. The molecule has 0 radical (unpaired) electrons. The van der Waals surface area contributed by atoms with Crippen molar-refractivity contribution in [2.45, 2.75) is 19.1 Å². The molecule has 0 aromatic heterocycles. The van der Waals surface area contributed by atoms with E-state index in [-0.39, 0.29) is 6.04 Å². The third kappa shape index (κ3) is 1.33. The zero-order chi connectivity index (χ0) is 10.1. The smallest absolute Gasteiger partial charge is 0.204 e. The second-order valence-corrected chi connectivity index (χ2v) is 3.36. The minimum absolute atomic E-state index is 0.0192. The summed E-state index contributed by atoms with van der Waals surface area (Å²) in [7, 11) is 0. The van der Waals surface area contributed by atoms with Crippen LogP contribution < -0.4 is 15.8 Å². The zero-order valence-electron chi connectivity index (χ0n) is 7.82. The molecule has 3 N–H and O–H groups in total. The highest BCUT2D eigenvalue weighted by Crippen LogP contribution is 2.32. The lowest BCUT2D eigenvalue weighted by molar-refractivity contribution is 0.227. The molecule has 0 amide bonds. The van der Waals surface area contributed by atoms with E-state index in [1.54, 1.807) is 18.2 Å². The van der Waals surface area contributed by atoms with Gasteiger partial charge in [-0.25, -0.2) is 0 Å². The Bertz CT molecular complexity index is 397. The highest BCUT2D eigenvalue weighted by molar-refractivity contribution is 5.65. The lowest BCUT2D eigenvalue weighted by Crippen LogP contribution is -2.38. The number of benzene rings is 1. The van der Waals surface area contributed by atoms with Crippen LogP contribution in [0.25, 0.3) is 0 Å². The highest BCUT2D eigenvalue weighted by atomic mass is 16.5. The van der Waals surface area contributed by atoms with Crippen molar-refractivity contribution in [1.82, 2.24) is 0 Å². The number of nitriles is 1. The van der Waals surface area contributed by atoms with E-state index < -0.39 is 6.10 Å². The number of nitrogen functional groups attached to an aromatic ring is 1. The summed E-state index contributed by atoms with van der Waals surface area (Å²) in [4.78, 5) is 0. The van der Waals surface area contributed by atoms with Gasteiger partial charge >= 0.3 is 0 Å². The second-order valence-electron chi connectivity index (χ2n) is 3.36. The monoisotopic (exact) mass is 189 g/mol. The van der Waals surface area contributed by atoms with E-state index in [1.165, 1.54) is 0 Å². The van der Waals surface area contributed by atoms with Crippen LogP contribution in [0.1, 0.15) is 6.92 Å². The van der Waals surface area contributed by atoms with Gasteiger partial charge in [-0.15, -0.1) is 0 Å². The maximum absolute atomic E-state index is 8.80. The Labute approximate surface area is 82.3 Å². The van der Waals surface area contributed by atoms with Crippen molar-refractivity contribution < 1.29 is 4.74 Å². The van der Waals surface area contributed by atoms with Crippen LogP contribution in [0.5, 0.6) is 5.75 Å². The Hall–Kier alpha value is -1.89. The number of rotatable bonds is 0. The molecule has 0 saturated heterocycles. The van der Waals surface area contributed by atoms with Crippen molar-refractivity contribution in [3.63, 3.8) is 0 Å². The van der Waals surface area contributed by atoms with Gasteiger partial charge in [-0.2, -0.15) is 5.26 Å². The average molecular weight is 189 g/mol. The van der Waals surface area contributed by atoms with Gasteiger partial charge in [-0.3, -0.25) is 0 Å². The lowest BCUT2D eigenvalue weighted by Gasteiger charge is -2.28. The molecule has 4 heteroatoms. The van der Waals surface area contributed by atoms with Gasteiger partial charge in [0.15, 0.2) is 0 Å². The fraction of sp³-hybridized carbons (Fsp3) is 0.300. The van der Waals surface area contributed by atoms with Crippen LogP contribution >= 0.6 is 0 Å². The van der Waals surface area contributed by atoms with E-state index in [4.69, 9.17) is 15.7 Å². The molecule has 14 heavy (non-hydrogen) atoms. The van der Waals surface area contributed by atoms with E-state index in [0.717, 1.165) is 5.69 Å². The number of nitrogens with one attached hydrogen (secondary N) is 1. The molecule has 0 aliphatic carbocycles. The summed E-state index contributed by atoms with van der Waals surface area (Å²) >= 11 is 0. The van der Waals surface area contributed by atoms with Gasteiger partial charge in [-0.05, 0) is 25.1 Å². The van der Waals surface area contributed by atoms with Gasteiger partial charge in [0, 0.05) is 5.69 Å². The minimum atomic E-state index is -0.439. The van der Waals surface area contributed by atoms with Crippen molar-refractivity contribution in [1.29, 1.82) is 5.26 Å². The SMILES string of the molecule is CC1Nc2cc(N)ccc2OC1C#N. The normalized spacial score (nSPS) is 24.0. The van der Waals surface area contributed by atoms with Crippen LogP contribution in [0.3, 0.4) is 0 Å². The Kier molecular flexibility index (Phi) is 1.93. The molecule has 0 fully saturated rings. The zero-order valence-corrected chi connectivity index (χ0v) is 7.82. The Balaban J connectivity index is 2.36. The van der Waals surface area contributed by atoms with Crippen LogP contribution in [-0.4, -0.2) is 12.1 Å². The maximum Gasteiger partial charge on any atom is 0.204 e. The molecule has 0 bridgehead atoms. The Morgan fingerprint density at radius 3 is 3.07 bits per heavy atom. The summed E-state index contributed by atoms with van der Waals surface area (Å²) < 4.78 is 5.47. The predicted octanol–water partition coefficient (Wildman–Crippen LogP) is 1.35. The lowest BCUT2D eigenvalue weighted by atomic mass is 10.1. The van der Waals surface area contributed by atoms with Gasteiger partial charge in [0.25, 0.3) is 0 Å². The molecule has 0 saturated carbocycles. The molecular weight excluding hydrogens is 178 g/mol. The van der Waals surface area contributed by atoms with Crippen molar-refractivity contribution in [3.05, 3.63) is 18.2 Å². The van der Waals surface area contributed by atoms with Crippen LogP contribution in [0.4, 0.5) is 11.4 Å². The van der Waals surface area contributed by atoms with Crippen LogP contribution in [0.15, 0.2) is 18.2 Å². The third-order valence-corrected chi connectivity index (χ3v) is 2.22. The first-order valence-corrected chi connectivity index (χ1v) is 4.43. The first-order valence-electron chi connectivity index (χ1n) is 4.43. The van der Waals surface area contributed by atoms with Gasteiger partial charge in [0.2, 0.25) is 6.10 Å². The largest absolute Gasteiger partial charge is 0.471 e. The number of hydrogen-bond acceptors (Lipinski definition) is 4. The summed E-state index contributed by atoms with van der Waals surface area (Å²) in [5.74, 6) is 0.684. The molecule has 2 unspecified atom stereocenters. The van der Waals surface area contributed by atoms with Crippen LogP contribution in [0, 0.1) is 11.3 Å². The van der Waals surface area contributed by atoms with E-state index in [2.05, 4.69) is 11.4 Å². The fourth-order valence-electron chi connectivity index (χ4n) is 1.46. The summed E-state index contributed by atoms with van der Waals surface area (Å²) in [6.45, 7) is 1.90. The topological polar surface area (TPSA) is 71.1 Å². The number of fused-ring (bicyclic) bond motifs is 1. The number of ether oxygens (including phenoxy) is 1. The number of anilines is 2. The molecule has 1 aliphatic heterocycles. The van der Waals surface area contributed by atoms with Crippen LogP contribution in [-0.2, 0) is 0 Å². The van der Waals surface area contributed by atoms with E-state index in [1.807, 2.05) is 6.92 Å². The van der Waals surface area contributed by atoms with Gasteiger partial charge < -0.3 is 15.8 Å². The first kappa shape index (κ1) is 8.70. The Morgan fingerprint density at radius 2 is 2.36 bits per heavy atom. The Morgan fingerprint density at radius 1 is 1.57 bits per heavy atom. The maximum atomic E-state index is 8.80. The summed E-state index contributed by atoms with van der Waals surface area (Å²) in [6, 6.07) is 7.41. The second kappa shape index (κ2) is 3.11. The summed E-state index contributed by atoms with van der Waals surface area (Å²) in [5.41, 5.74) is 7.17. The van der Waals surface area contributed by atoms with Crippen molar-refractivity contribution in [2.24, 2.45) is 0 Å². The van der Waals surface area contributed by atoms with Crippen molar-refractivity contribution >= 4 is 11.4 Å². The number of hydrogen-bond donors (Lipinski definition) is 2.